The summed E-state index contributed by atoms with van der Waals surface area (Å²) < 4.78 is 4.85. The zero-order valence-corrected chi connectivity index (χ0v) is 11.5. The van der Waals surface area contributed by atoms with E-state index in [2.05, 4.69) is 10.2 Å². The van der Waals surface area contributed by atoms with Crippen molar-refractivity contribution in [1.29, 1.82) is 0 Å². The van der Waals surface area contributed by atoms with E-state index in [9.17, 15) is 4.79 Å². The molecule has 0 spiro atoms. The maximum Gasteiger partial charge on any atom is 0.338 e. The second-order valence-electron chi connectivity index (χ2n) is 4.96. The van der Waals surface area contributed by atoms with Gasteiger partial charge in [-0.3, -0.25) is 5.10 Å². The number of nitrogens with one attached hydrogen (secondary N) is 1. The number of benzene rings is 1. The third kappa shape index (κ3) is 2.10. The van der Waals surface area contributed by atoms with Crippen molar-refractivity contribution in [2.24, 2.45) is 0 Å². The predicted molar refractivity (Wildman–Crippen MR) is 73.7 cm³/mol. The van der Waals surface area contributed by atoms with Gasteiger partial charge in [0.2, 0.25) is 0 Å². The van der Waals surface area contributed by atoms with Gasteiger partial charge in [0.15, 0.2) is 0 Å². The zero-order valence-electron chi connectivity index (χ0n) is 10.7. The van der Waals surface area contributed by atoms with Crippen molar-refractivity contribution < 1.29 is 9.53 Å². The van der Waals surface area contributed by atoms with Crippen LogP contribution in [0.3, 0.4) is 0 Å². The first-order valence-electron chi connectivity index (χ1n) is 6.46. The Hall–Kier alpha value is -1.55. The Balaban J connectivity index is 2.21. The van der Waals surface area contributed by atoms with Crippen molar-refractivity contribution in [3.8, 4) is 0 Å². The van der Waals surface area contributed by atoms with Gasteiger partial charge >= 0.3 is 5.97 Å². The molecule has 0 bridgehead atoms. The van der Waals surface area contributed by atoms with Crippen molar-refractivity contribution >= 4 is 28.5 Å². The van der Waals surface area contributed by atoms with Gasteiger partial charge in [-0.1, -0.05) is 24.4 Å². The van der Waals surface area contributed by atoms with Crippen LogP contribution in [0, 0.1) is 0 Å². The number of hydrogen-bond donors (Lipinski definition) is 1. The summed E-state index contributed by atoms with van der Waals surface area (Å²) in [4.78, 5) is 11.9. The number of fused-ring (bicyclic) bond motifs is 1. The molecular weight excluding hydrogens is 264 g/mol. The Morgan fingerprint density at radius 1 is 1.42 bits per heavy atom. The third-order valence-electron chi connectivity index (χ3n) is 3.82. The molecule has 2 aromatic rings. The summed E-state index contributed by atoms with van der Waals surface area (Å²) in [5.41, 5.74) is 2.28. The van der Waals surface area contributed by atoms with Crippen LogP contribution in [0.5, 0.6) is 0 Å². The quantitative estimate of drug-likeness (QED) is 0.853. The fourth-order valence-electron chi connectivity index (χ4n) is 2.92. The monoisotopic (exact) mass is 278 g/mol. The minimum absolute atomic E-state index is 0.367. The van der Waals surface area contributed by atoms with E-state index in [1.54, 1.807) is 12.1 Å². The molecule has 1 fully saturated rings. The molecule has 5 heteroatoms. The van der Waals surface area contributed by atoms with Crippen LogP contribution in [-0.4, -0.2) is 23.3 Å². The van der Waals surface area contributed by atoms with Gasteiger partial charge in [-0.05, 0) is 25.0 Å². The van der Waals surface area contributed by atoms with Crippen LogP contribution < -0.4 is 0 Å². The van der Waals surface area contributed by atoms with Crippen molar-refractivity contribution in [3.63, 3.8) is 0 Å². The molecule has 1 aromatic heterocycles. The lowest BCUT2D eigenvalue weighted by molar-refractivity contribution is 0.0603. The number of nitrogens with zero attached hydrogens (tertiary/aromatic N) is 1. The highest BCUT2D eigenvalue weighted by Gasteiger charge is 2.25. The molecule has 0 amide bonds. The smallest absolute Gasteiger partial charge is 0.338 e. The van der Waals surface area contributed by atoms with Crippen molar-refractivity contribution in [2.75, 3.05) is 7.11 Å². The molecule has 0 radical (unpaired) electrons. The van der Waals surface area contributed by atoms with Gasteiger partial charge in [0, 0.05) is 22.0 Å². The van der Waals surface area contributed by atoms with Gasteiger partial charge in [-0.15, -0.1) is 0 Å². The first kappa shape index (κ1) is 12.5. The summed E-state index contributed by atoms with van der Waals surface area (Å²) in [6.45, 7) is 0. The van der Waals surface area contributed by atoms with Crippen molar-refractivity contribution in [3.05, 3.63) is 28.4 Å². The summed E-state index contributed by atoms with van der Waals surface area (Å²) in [5.74, 6) is 0.0859. The van der Waals surface area contributed by atoms with Crippen molar-refractivity contribution in [2.45, 2.75) is 31.6 Å². The highest BCUT2D eigenvalue weighted by atomic mass is 35.5. The van der Waals surface area contributed by atoms with E-state index < -0.39 is 0 Å². The molecule has 1 aliphatic carbocycles. The lowest BCUT2D eigenvalue weighted by atomic mass is 9.97. The summed E-state index contributed by atoms with van der Waals surface area (Å²) in [6.07, 6.45) is 4.74. The summed E-state index contributed by atoms with van der Waals surface area (Å²) in [7, 11) is 1.38. The van der Waals surface area contributed by atoms with Gasteiger partial charge in [0.05, 0.1) is 18.2 Å². The lowest BCUT2D eigenvalue weighted by Gasteiger charge is -2.09. The van der Waals surface area contributed by atoms with Crippen LogP contribution in [0.1, 0.15) is 47.7 Å². The molecule has 3 rings (SSSR count). The number of H-pyrrole nitrogens is 1. The van der Waals surface area contributed by atoms with E-state index in [-0.39, 0.29) is 5.97 Å². The van der Waals surface area contributed by atoms with Crippen molar-refractivity contribution in [1.82, 2.24) is 10.2 Å². The van der Waals surface area contributed by atoms with Gasteiger partial charge in [-0.2, -0.15) is 5.10 Å². The second-order valence-corrected chi connectivity index (χ2v) is 5.39. The molecule has 1 aromatic carbocycles. The van der Waals surface area contributed by atoms with Crippen LogP contribution in [0.25, 0.3) is 10.9 Å². The Bertz CT molecular complexity index is 630. The maximum absolute atomic E-state index is 11.9. The fraction of sp³-hybridized carbons (Fsp3) is 0.429. The third-order valence-corrected chi connectivity index (χ3v) is 4.04. The molecule has 0 saturated heterocycles. The van der Waals surface area contributed by atoms with Crippen LogP contribution in [0.15, 0.2) is 12.1 Å². The number of carbonyl (C=O) groups excluding carboxylic acids is 1. The standard InChI is InChI=1S/C14H15ClN2O2/c1-19-14(18)10-6-9(15)7-11-12(10)13(17-16-11)8-4-2-3-5-8/h6-8H,2-5H2,1H3,(H,16,17). The number of methoxy groups -OCH3 is 1. The van der Waals surface area contributed by atoms with Gasteiger partial charge in [-0.25, -0.2) is 4.79 Å². The average molecular weight is 279 g/mol. The molecular formula is C14H15ClN2O2. The summed E-state index contributed by atoms with van der Waals surface area (Å²) >= 11 is 6.03. The van der Waals surface area contributed by atoms with E-state index >= 15 is 0 Å². The fourth-order valence-corrected chi connectivity index (χ4v) is 3.13. The number of halogens is 1. The largest absolute Gasteiger partial charge is 0.465 e. The molecule has 0 atom stereocenters. The highest BCUT2D eigenvalue weighted by molar-refractivity contribution is 6.32. The van der Waals surface area contributed by atoms with E-state index in [4.69, 9.17) is 16.3 Å². The minimum Gasteiger partial charge on any atom is -0.465 e. The molecule has 1 heterocycles. The second kappa shape index (κ2) is 4.85. The predicted octanol–water partition coefficient (Wildman–Crippen LogP) is 3.66. The molecule has 0 unspecified atom stereocenters. The number of esters is 1. The van der Waals surface area contributed by atoms with E-state index in [0.29, 0.717) is 16.5 Å². The van der Waals surface area contributed by atoms with Gasteiger partial charge in [0.25, 0.3) is 0 Å². The van der Waals surface area contributed by atoms with Gasteiger partial charge < -0.3 is 4.74 Å². The number of carbonyl (C=O) groups is 1. The average Bonchev–Trinajstić information content (AvgIpc) is 3.04. The van der Waals surface area contributed by atoms with Gasteiger partial charge in [0.1, 0.15) is 0 Å². The Morgan fingerprint density at radius 2 is 2.16 bits per heavy atom. The topological polar surface area (TPSA) is 55.0 Å². The van der Waals surface area contributed by atoms with E-state index in [1.807, 2.05) is 0 Å². The number of hydrogen-bond acceptors (Lipinski definition) is 3. The number of aromatic amines is 1. The molecule has 100 valence electrons. The maximum atomic E-state index is 11.9. The minimum atomic E-state index is -0.367. The molecule has 19 heavy (non-hydrogen) atoms. The Kier molecular flexibility index (Phi) is 3.19. The summed E-state index contributed by atoms with van der Waals surface area (Å²) in [6, 6.07) is 3.43. The van der Waals surface area contributed by atoms with Crippen LogP contribution >= 0.6 is 11.6 Å². The molecule has 4 nitrogen and oxygen atoms in total. The first-order chi connectivity index (χ1) is 9.20. The normalized spacial score (nSPS) is 16.1. The van der Waals surface area contributed by atoms with Crippen LogP contribution in [0.2, 0.25) is 5.02 Å². The Morgan fingerprint density at radius 3 is 2.84 bits per heavy atom. The summed E-state index contributed by atoms with van der Waals surface area (Å²) in [5, 5.41) is 8.73. The molecule has 1 N–H and O–H groups in total. The van der Waals surface area contributed by atoms with E-state index in [1.165, 1.54) is 20.0 Å². The molecule has 1 aliphatic rings. The number of aromatic nitrogens is 2. The lowest BCUT2D eigenvalue weighted by Crippen LogP contribution is -2.04. The van der Waals surface area contributed by atoms with E-state index in [0.717, 1.165) is 29.4 Å². The zero-order chi connectivity index (χ0) is 13.4. The highest BCUT2D eigenvalue weighted by Crippen LogP contribution is 2.38. The molecule has 0 aliphatic heterocycles. The Labute approximate surface area is 116 Å². The number of rotatable bonds is 2. The molecule has 1 saturated carbocycles. The number of ether oxygens (including phenoxy) is 1. The first-order valence-corrected chi connectivity index (χ1v) is 6.84. The van der Waals surface area contributed by atoms with Crippen LogP contribution in [0.4, 0.5) is 0 Å². The SMILES string of the molecule is COC(=O)c1cc(Cl)cc2n[nH]c(C3CCCC3)c12. The van der Waals surface area contributed by atoms with Crippen LogP contribution in [-0.2, 0) is 4.74 Å².